The number of thioether (sulfide) groups is 1. The molecule has 3 aromatic rings. The Balaban J connectivity index is 1.62. The molecule has 2 aromatic heterocycles. The molecule has 0 aliphatic rings. The maximum absolute atomic E-state index is 12.3. The first-order chi connectivity index (χ1) is 12.7. The van der Waals surface area contributed by atoms with Gasteiger partial charge in [-0.1, -0.05) is 60.4 Å². The Labute approximate surface area is 158 Å². The van der Waals surface area contributed by atoms with Crippen LogP contribution in [0, 0.1) is 0 Å². The molecule has 0 radical (unpaired) electrons. The smallest absolute Gasteiger partial charge is 0.277 e. The van der Waals surface area contributed by atoms with Crippen molar-refractivity contribution in [3.63, 3.8) is 0 Å². The summed E-state index contributed by atoms with van der Waals surface area (Å²) in [6.07, 6.45) is 0.760. The second-order valence-electron chi connectivity index (χ2n) is 5.38. The van der Waals surface area contributed by atoms with E-state index in [0.29, 0.717) is 11.7 Å². The molecule has 0 fully saturated rings. The van der Waals surface area contributed by atoms with Gasteiger partial charge in [0, 0.05) is 18.4 Å². The average molecular weight is 387 g/mol. The van der Waals surface area contributed by atoms with E-state index < -0.39 is 5.91 Å². The SMILES string of the molecule is CCCn1nc(C(=O)Nc2nnc(SCc3ccccc3)s2)ccc1=O. The number of benzene rings is 1. The van der Waals surface area contributed by atoms with Gasteiger partial charge in [0.1, 0.15) is 5.69 Å². The molecule has 1 amide bonds. The molecule has 0 saturated carbocycles. The van der Waals surface area contributed by atoms with Gasteiger partial charge < -0.3 is 0 Å². The molecule has 1 N–H and O–H groups in total. The van der Waals surface area contributed by atoms with Crippen molar-refractivity contribution in [2.45, 2.75) is 30.0 Å². The summed E-state index contributed by atoms with van der Waals surface area (Å²) in [5.41, 5.74) is 1.14. The van der Waals surface area contributed by atoms with Crippen LogP contribution in [-0.4, -0.2) is 25.9 Å². The van der Waals surface area contributed by atoms with E-state index in [2.05, 4.69) is 20.6 Å². The fourth-order valence-corrected chi connectivity index (χ4v) is 3.84. The Morgan fingerprint density at radius 3 is 2.77 bits per heavy atom. The molecule has 0 bridgehead atoms. The van der Waals surface area contributed by atoms with Gasteiger partial charge in [-0.25, -0.2) is 4.68 Å². The number of hydrogen-bond donors (Lipinski definition) is 1. The molecule has 0 aliphatic carbocycles. The zero-order valence-corrected chi connectivity index (χ0v) is 15.7. The van der Waals surface area contributed by atoms with E-state index in [-0.39, 0.29) is 11.3 Å². The molecule has 0 spiro atoms. The molecule has 0 saturated heterocycles. The third-order valence-electron chi connectivity index (χ3n) is 3.37. The molecule has 9 heteroatoms. The van der Waals surface area contributed by atoms with Crippen LogP contribution in [0.4, 0.5) is 5.13 Å². The number of aromatic nitrogens is 4. The van der Waals surface area contributed by atoms with Gasteiger partial charge in [-0.3, -0.25) is 14.9 Å². The molecule has 0 atom stereocenters. The van der Waals surface area contributed by atoms with Crippen LogP contribution in [0.5, 0.6) is 0 Å². The highest BCUT2D eigenvalue weighted by Gasteiger charge is 2.13. The van der Waals surface area contributed by atoms with Crippen molar-refractivity contribution in [2.24, 2.45) is 0 Å². The molecule has 1 aromatic carbocycles. The number of amides is 1. The summed E-state index contributed by atoms with van der Waals surface area (Å²) in [7, 11) is 0. The summed E-state index contributed by atoms with van der Waals surface area (Å²) >= 11 is 2.87. The van der Waals surface area contributed by atoms with Crippen molar-refractivity contribution in [1.29, 1.82) is 0 Å². The first-order valence-electron chi connectivity index (χ1n) is 8.05. The van der Waals surface area contributed by atoms with Crippen LogP contribution in [0.25, 0.3) is 0 Å². The summed E-state index contributed by atoms with van der Waals surface area (Å²) in [4.78, 5) is 24.0. The second-order valence-corrected chi connectivity index (χ2v) is 7.58. The minimum absolute atomic E-state index is 0.173. The first-order valence-corrected chi connectivity index (χ1v) is 9.85. The number of carbonyl (C=O) groups is 1. The predicted molar refractivity (Wildman–Crippen MR) is 103 cm³/mol. The first kappa shape index (κ1) is 18.3. The monoisotopic (exact) mass is 387 g/mol. The molecule has 7 nitrogen and oxygen atoms in total. The summed E-state index contributed by atoms with van der Waals surface area (Å²) in [6, 6.07) is 12.8. The topological polar surface area (TPSA) is 89.8 Å². The minimum atomic E-state index is -0.411. The number of nitrogens with zero attached hydrogens (tertiary/aromatic N) is 4. The number of rotatable bonds is 7. The largest absolute Gasteiger partial charge is 0.295 e. The lowest BCUT2D eigenvalue weighted by Gasteiger charge is -2.04. The number of aryl methyl sites for hydroxylation is 1. The summed E-state index contributed by atoms with van der Waals surface area (Å²) < 4.78 is 2.06. The van der Waals surface area contributed by atoms with Gasteiger partial charge in [0.2, 0.25) is 5.13 Å². The fourth-order valence-electron chi connectivity index (χ4n) is 2.14. The van der Waals surface area contributed by atoms with E-state index in [4.69, 9.17) is 0 Å². The number of nitrogens with one attached hydrogen (secondary N) is 1. The molecule has 3 rings (SSSR count). The van der Waals surface area contributed by atoms with E-state index in [1.54, 1.807) is 11.8 Å². The molecule has 134 valence electrons. The Morgan fingerprint density at radius 1 is 1.19 bits per heavy atom. The zero-order valence-electron chi connectivity index (χ0n) is 14.1. The van der Waals surface area contributed by atoms with Crippen LogP contribution in [0.1, 0.15) is 29.4 Å². The Hall–Kier alpha value is -2.52. The minimum Gasteiger partial charge on any atom is -0.295 e. The lowest BCUT2D eigenvalue weighted by Crippen LogP contribution is -2.26. The molecule has 26 heavy (non-hydrogen) atoms. The maximum Gasteiger partial charge on any atom is 0.277 e. The zero-order chi connectivity index (χ0) is 18.4. The van der Waals surface area contributed by atoms with Gasteiger partial charge in [0.25, 0.3) is 11.5 Å². The van der Waals surface area contributed by atoms with Crippen molar-refractivity contribution < 1.29 is 4.79 Å². The van der Waals surface area contributed by atoms with Crippen LogP contribution in [0.2, 0.25) is 0 Å². The van der Waals surface area contributed by atoms with Gasteiger partial charge in [0.05, 0.1) is 0 Å². The molecule has 0 unspecified atom stereocenters. The molecular formula is C17H17N5O2S2. The number of carbonyl (C=O) groups excluding carboxylic acids is 1. The molecular weight excluding hydrogens is 370 g/mol. The highest BCUT2D eigenvalue weighted by Crippen LogP contribution is 2.28. The summed E-state index contributed by atoms with van der Waals surface area (Å²) in [5.74, 6) is 0.373. The average Bonchev–Trinajstić information content (AvgIpc) is 3.10. The van der Waals surface area contributed by atoms with E-state index >= 15 is 0 Å². The Morgan fingerprint density at radius 2 is 2.00 bits per heavy atom. The van der Waals surface area contributed by atoms with Crippen molar-refractivity contribution >= 4 is 34.1 Å². The fraction of sp³-hybridized carbons (Fsp3) is 0.235. The Kier molecular flexibility index (Phi) is 6.13. The van der Waals surface area contributed by atoms with Crippen LogP contribution in [0.3, 0.4) is 0 Å². The summed E-state index contributed by atoms with van der Waals surface area (Å²) in [6.45, 7) is 2.41. The van der Waals surface area contributed by atoms with E-state index in [9.17, 15) is 9.59 Å². The number of hydrogen-bond acceptors (Lipinski definition) is 7. The van der Waals surface area contributed by atoms with E-state index in [1.807, 2.05) is 37.3 Å². The normalized spacial score (nSPS) is 10.7. The maximum atomic E-state index is 12.3. The third-order valence-corrected chi connectivity index (χ3v) is 5.41. The number of anilines is 1. The van der Waals surface area contributed by atoms with Crippen LogP contribution in [0.15, 0.2) is 51.6 Å². The van der Waals surface area contributed by atoms with E-state index in [1.165, 1.54) is 33.7 Å². The highest BCUT2D eigenvalue weighted by atomic mass is 32.2. The quantitative estimate of drug-likeness (QED) is 0.495. The lowest BCUT2D eigenvalue weighted by molar-refractivity contribution is 0.101. The van der Waals surface area contributed by atoms with Gasteiger partial charge in [-0.15, -0.1) is 10.2 Å². The summed E-state index contributed by atoms with van der Waals surface area (Å²) in [5, 5.41) is 15.2. The van der Waals surface area contributed by atoms with Crippen molar-refractivity contribution in [3.05, 3.63) is 64.1 Å². The van der Waals surface area contributed by atoms with Gasteiger partial charge >= 0.3 is 0 Å². The standard InChI is InChI=1S/C17H17N5O2S2/c1-2-10-22-14(23)9-8-13(21-22)15(24)18-16-19-20-17(26-16)25-11-12-6-4-3-5-7-12/h3-9H,2,10-11H2,1H3,(H,18,19,24). The van der Waals surface area contributed by atoms with Crippen LogP contribution in [-0.2, 0) is 12.3 Å². The van der Waals surface area contributed by atoms with Crippen LogP contribution >= 0.6 is 23.1 Å². The second kappa shape index (κ2) is 8.72. The van der Waals surface area contributed by atoms with Crippen molar-refractivity contribution in [1.82, 2.24) is 20.0 Å². The van der Waals surface area contributed by atoms with Crippen LogP contribution < -0.4 is 10.9 Å². The molecule has 2 heterocycles. The van der Waals surface area contributed by atoms with Crippen molar-refractivity contribution in [3.8, 4) is 0 Å². The third kappa shape index (κ3) is 4.77. The highest BCUT2D eigenvalue weighted by molar-refractivity contribution is 8.00. The van der Waals surface area contributed by atoms with Crippen molar-refractivity contribution in [2.75, 3.05) is 5.32 Å². The molecule has 0 aliphatic heterocycles. The predicted octanol–water partition coefficient (Wildman–Crippen LogP) is 3.05. The van der Waals surface area contributed by atoms with Gasteiger partial charge in [-0.05, 0) is 18.1 Å². The van der Waals surface area contributed by atoms with Gasteiger partial charge in [0.15, 0.2) is 4.34 Å². The Bertz CT molecular complexity index is 940. The van der Waals surface area contributed by atoms with Gasteiger partial charge in [-0.2, -0.15) is 5.10 Å². The lowest BCUT2D eigenvalue weighted by atomic mass is 10.2. The van der Waals surface area contributed by atoms with E-state index in [0.717, 1.165) is 16.5 Å².